The lowest BCUT2D eigenvalue weighted by Crippen LogP contribution is -2.22. The third kappa shape index (κ3) is 2.09. The van der Waals surface area contributed by atoms with Crippen LogP contribution >= 0.6 is 11.3 Å². The Balaban J connectivity index is 2.07. The summed E-state index contributed by atoms with van der Waals surface area (Å²) in [6, 6.07) is 0. The summed E-state index contributed by atoms with van der Waals surface area (Å²) in [6.07, 6.45) is 4.84. The first kappa shape index (κ1) is 9.16. The Bertz CT molecular complexity index is 257. The van der Waals surface area contributed by atoms with Crippen LogP contribution in [0.3, 0.4) is 0 Å². The van der Waals surface area contributed by atoms with E-state index >= 15 is 0 Å². The summed E-state index contributed by atoms with van der Waals surface area (Å²) < 4.78 is 0. The highest BCUT2D eigenvalue weighted by Gasteiger charge is 2.13. The molecule has 0 saturated carbocycles. The first-order chi connectivity index (χ1) is 6.40. The Kier molecular flexibility index (Phi) is 2.96. The zero-order valence-corrected chi connectivity index (χ0v) is 8.91. The fraction of sp³-hybridized carbons (Fsp3) is 0.700. The SMILES string of the molecule is CCCCc1nc2c(s1)CNCC2. The van der Waals surface area contributed by atoms with Crippen LogP contribution in [0.4, 0.5) is 0 Å². The third-order valence-electron chi connectivity index (χ3n) is 2.39. The zero-order chi connectivity index (χ0) is 9.10. The molecular weight excluding hydrogens is 180 g/mol. The van der Waals surface area contributed by atoms with Gasteiger partial charge in [0.1, 0.15) is 0 Å². The average molecular weight is 196 g/mol. The number of fused-ring (bicyclic) bond motifs is 1. The average Bonchev–Trinajstić information content (AvgIpc) is 2.57. The fourth-order valence-corrected chi connectivity index (χ4v) is 2.74. The lowest BCUT2D eigenvalue weighted by atomic mass is 10.2. The van der Waals surface area contributed by atoms with Crippen LogP contribution in [-0.4, -0.2) is 11.5 Å². The molecule has 0 amide bonds. The van der Waals surface area contributed by atoms with Crippen LogP contribution in [-0.2, 0) is 19.4 Å². The number of rotatable bonds is 3. The van der Waals surface area contributed by atoms with Gasteiger partial charge in [-0.2, -0.15) is 0 Å². The lowest BCUT2D eigenvalue weighted by Gasteiger charge is -2.09. The smallest absolute Gasteiger partial charge is 0.0931 e. The molecule has 0 spiro atoms. The molecule has 1 aromatic rings. The van der Waals surface area contributed by atoms with Crippen molar-refractivity contribution in [2.45, 2.75) is 39.2 Å². The topological polar surface area (TPSA) is 24.9 Å². The van der Waals surface area contributed by atoms with Crippen LogP contribution in [0.2, 0.25) is 0 Å². The molecule has 1 N–H and O–H groups in total. The van der Waals surface area contributed by atoms with Crippen molar-refractivity contribution in [3.63, 3.8) is 0 Å². The zero-order valence-electron chi connectivity index (χ0n) is 8.10. The Hall–Kier alpha value is -0.410. The van der Waals surface area contributed by atoms with Crippen molar-refractivity contribution < 1.29 is 0 Å². The highest BCUT2D eigenvalue weighted by molar-refractivity contribution is 7.11. The van der Waals surface area contributed by atoms with E-state index in [-0.39, 0.29) is 0 Å². The monoisotopic (exact) mass is 196 g/mol. The minimum absolute atomic E-state index is 1.04. The minimum atomic E-state index is 1.04. The van der Waals surface area contributed by atoms with Crippen molar-refractivity contribution >= 4 is 11.3 Å². The summed E-state index contributed by atoms with van der Waals surface area (Å²) in [4.78, 5) is 6.14. The van der Waals surface area contributed by atoms with Crippen molar-refractivity contribution in [3.8, 4) is 0 Å². The van der Waals surface area contributed by atoms with Gasteiger partial charge in [-0.05, 0) is 12.8 Å². The molecule has 2 heterocycles. The van der Waals surface area contributed by atoms with E-state index in [2.05, 4.69) is 17.2 Å². The molecule has 0 fully saturated rings. The van der Waals surface area contributed by atoms with Gasteiger partial charge in [-0.1, -0.05) is 13.3 Å². The number of unbranched alkanes of at least 4 members (excludes halogenated alkanes) is 1. The summed E-state index contributed by atoms with van der Waals surface area (Å²) in [5.74, 6) is 0. The first-order valence-electron chi connectivity index (χ1n) is 5.08. The van der Waals surface area contributed by atoms with Gasteiger partial charge in [0.2, 0.25) is 0 Å². The number of hydrogen-bond donors (Lipinski definition) is 1. The molecule has 1 aromatic heterocycles. The molecule has 0 bridgehead atoms. The van der Waals surface area contributed by atoms with Crippen molar-refractivity contribution in [2.75, 3.05) is 6.54 Å². The molecule has 0 aliphatic carbocycles. The van der Waals surface area contributed by atoms with E-state index in [0.29, 0.717) is 0 Å². The van der Waals surface area contributed by atoms with E-state index < -0.39 is 0 Å². The largest absolute Gasteiger partial charge is 0.311 e. The summed E-state index contributed by atoms with van der Waals surface area (Å²) in [5.41, 5.74) is 1.36. The maximum absolute atomic E-state index is 4.67. The number of thiazole rings is 1. The van der Waals surface area contributed by atoms with Crippen molar-refractivity contribution in [1.29, 1.82) is 0 Å². The predicted molar refractivity (Wildman–Crippen MR) is 56.1 cm³/mol. The minimum Gasteiger partial charge on any atom is -0.311 e. The summed E-state index contributed by atoms with van der Waals surface area (Å²) in [6.45, 7) is 4.37. The molecule has 72 valence electrons. The molecule has 1 aliphatic rings. The van der Waals surface area contributed by atoms with E-state index in [0.717, 1.165) is 19.5 Å². The van der Waals surface area contributed by atoms with Gasteiger partial charge in [0, 0.05) is 24.4 Å². The van der Waals surface area contributed by atoms with E-state index in [4.69, 9.17) is 0 Å². The summed E-state index contributed by atoms with van der Waals surface area (Å²) in [5, 5.41) is 4.72. The van der Waals surface area contributed by atoms with Gasteiger partial charge in [-0.3, -0.25) is 0 Å². The van der Waals surface area contributed by atoms with Crippen molar-refractivity contribution in [1.82, 2.24) is 10.3 Å². The normalized spacial score (nSPS) is 15.8. The second kappa shape index (κ2) is 4.20. The van der Waals surface area contributed by atoms with Gasteiger partial charge in [0.25, 0.3) is 0 Å². The van der Waals surface area contributed by atoms with Gasteiger partial charge in [-0.15, -0.1) is 11.3 Å². The Morgan fingerprint density at radius 1 is 1.54 bits per heavy atom. The molecule has 2 nitrogen and oxygen atoms in total. The molecule has 3 heteroatoms. The van der Waals surface area contributed by atoms with Crippen LogP contribution in [0.15, 0.2) is 0 Å². The summed E-state index contributed by atoms with van der Waals surface area (Å²) in [7, 11) is 0. The van der Waals surface area contributed by atoms with E-state index in [1.165, 1.54) is 34.8 Å². The van der Waals surface area contributed by atoms with Gasteiger partial charge >= 0.3 is 0 Å². The second-order valence-corrected chi connectivity index (χ2v) is 4.68. The van der Waals surface area contributed by atoms with E-state index in [1.54, 1.807) is 0 Å². The molecule has 1 aliphatic heterocycles. The Labute approximate surface area is 83.4 Å². The predicted octanol–water partition coefficient (Wildman–Crippen LogP) is 2.13. The van der Waals surface area contributed by atoms with E-state index in [1.807, 2.05) is 11.3 Å². The van der Waals surface area contributed by atoms with Crippen molar-refractivity contribution in [3.05, 3.63) is 15.6 Å². The first-order valence-corrected chi connectivity index (χ1v) is 5.90. The highest BCUT2D eigenvalue weighted by Crippen LogP contribution is 2.22. The van der Waals surface area contributed by atoms with Crippen LogP contribution in [0.1, 0.15) is 35.3 Å². The van der Waals surface area contributed by atoms with Crippen molar-refractivity contribution in [2.24, 2.45) is 0 Å². The highest BCUT2D eigenvalue weighted by atomic mass is 32.1. The molecular formula is C10H16N2S. The van der Waals surface area contributed by atoms with Crippen LogP contribution in [0.5, 0.6) is 0 Å². The number of nitrogens with zero attached hydrogens (tertiary/aromatic N) is 1. The van der Waals surface area contributed by atoms with Gasteiger partial charge in [0.05, 0.1) is 10.7 Å². The number of nitrogens with one attached hydrogen (secondary N) is 1. The quantitative estimate of drug-likeness (QED) is 0.801. The number of hydrogen-bond acceptors (Lipinski definition) is 3. The number of aryl methyl sites for hydroxylation is 1. The molecule has 0 radical (unpaired) electrons. The Morgan fingerprint density at radius 3 is 3.23 bits per heavy atom. The molecule has 2 rings (SSSR count). The maximum Gasteiger partial charge on any atom is 0.0931 e. The Morgan fingerprint density at radius 2 is 2.46 bits per heavy atom. The van der Waals surface area contributed by atoms with Gasteiger partial charge in [0.15, 0.2) is 0 Å². The van der Waals surface area contributed by atoms with Crippen LogP contribution in [0.25, 0.3) is 0 Å². The summed E-state index contributed by atoms with van der Waals surface area (Å²) >= 11 is 1.90. The molecule has 0 saturated heterocycles. The number of aromatic nitrogens is 1. The maximum atomic E-state index is 4.67. The van der Waals surface area contributed by atoms with Gasteiger partial charge < -0.3 is 5.32 Å². The standard InChI is InChI=1S/C10H16N2S/c1-2-3-4-10-12-8-5-6-11-7-9(8)13-10/h11H,2-7H2,1H3. The fourth-order valence-electron chi connectivity index (χ4n) is 1.61. The molecule has 0 unspecified atom stereocenters. The second-order valence-electron chi connectivity index (χ2n) is 3.51. The lowest BCUT2D eigenvalue weighted by molar-refractivity contribution is 0.642. The molecule has 13 heavy (non-hydrogen) atoms. The van der Waals surface area contributed by atoms with Crippen LogP contribution in [0, 0.1) is 0 Å². The van der Waals surface area contributed by atoms with Gasteiger partial charge in [-0.25, -0.2) is 4.98 Å². The van der Waals surface area contributed by atoms with Crippen LogP contribution < -0.4 is 5.32 Å². The third-order valence-corrected chi connectivity index (χ3v) is 3.55. The molecule has 0 aromatic carbocycles. The van der Waals surface area contributed by atoms with E-state index in [9.17, 15) is 0 Å². The molecule has 0 atom stereocenters.